The third-order valence-electron chi connectivity index (χ3n) is 21.4. The molecular formula is C92H108O32. The lowest BCUT2D eigenvalue weighted by atomic mass is 9.94. The Labute approximate surface area is 719 Å². The highest BCUT2D eigenvalue weighted by Crippen LogP contribution is 2.42. The van der Waals surface area contributed by atoms with Gasteiger partial charge in [-0.1, -0.05) is 200 Å². The lowest BCUT2D eigenvalue weighted by Crippen LogP contribution is -2.70. The Morgan fingerprint density at radius 3 is 0.960 bits per heavy atom. The molecule has 25 atom stereocenters. The molecule has 5 fully saturated rings. The molecule has 0 N–H and O–H groups in total. The molecule has 32 nitrogen and oxygen atoms in total. The number of methoxy groups -OCH3 is 7. The van der Waals surface area contributed by atoms with Crippen LogP contribution in [0.15, 0.2) is 212 Å². The number of carbonyl (C=O) groups excluding carboxylic acids is 6. The van der Waals surface area contributed by atoms with Gasteiger partial charge in [0.1, 0.15) is 124 Å². The predicted molar refractivity (Wildman–Crippen MR) is 433 cm³/mol. The second-order valence-electron chi connectivity index (χ2n) is 29.7. The Kier molecular flexibility index (Phi) is 35.7. The number of esters is 6. The van der Waals surface area contributed by atoms with Crippen LogP contribution in [0.25, 0.3) is 0 Å². The zero-order valence-electron chi connectivity index (χ0n) is 70.6. The van der Waals surface area contributed by atoms with Crippen LogP contribution in [0.1, 0.15) is 64.5 Å². The lowest BCUT2D eigenvalue weighted by molar-refractivity contribution is -0.394. The molecule has 12 rings (SSSR count). The Morgan fingerprint density at radius 2 is 0.565 bits per heavy atom. The van der Waals surface area contributed by atoms with Gasteiger partial charge in [0.15, 0.2) is 55.9 Å². The van der Waals surface area contributed by atoms with Crippen molar-refractivity contribution >= 4 is 35.8 Å². The maximum atomic E-state index is 15.8. The minimum Gasteiger partial charge on any atom is -0.463 e. The Morgan fingerprint density at radius 1 is 0.258 bits per heavy atom. The molecule has 7 aromatic rings. The molecule has 0 spiro atoms. The van der Waals surface area contributed by atoms with E-state index < -0.39 is 196 Å². The number of ether oxygens (including phenoxy) is 26. The van der Waals surface area contributed by atoms with E-state index in [9.17, 15) is 14.4 Å². The van der Waals surface area contributed by atoms with Gasteiger partial charge in [0.25, 0.3) is 0 Å². The van der Waals surface area contributed by atoms with Crippen LogP contribution in [0, 0.1) is 0 Å². The Bertz CT molecular complexity index is 4380. The van der Waals surface area contributed by atoms with E-state index in [1.807, 2.05) is 91.0 Å². The summed E-state index contributed by atoms with van der Waals surface area (Å²) >= 11 is 0. The maximum Gasteiger partial charge on any atom is 0.338 e. The first-order valence-electron chi connectivity index (χ1n) is 40.7. The molecule has 0 unspecified atom stereocenters. The van der Waals surface area contributed by atoms with Crippen LogP contribution in [-0.4, -0.2) is 259 Å². The molecule has 5 heterocycles. The number of hydrogen-bond donors (Lipinski definition) is 0. The number of benzene rings is 7. The molecule has 124 heavy (non-hydrogen) atoms. The van der Waals surface area contributed by atoms with E-state index in [-0.39, 0.29) is 58.4 Å². The van der Waals surface area contributed by atoms with Gasteiger partial charge in [-0.2, -0.15) is 0 Å². The fraction of sp³-hybridized carbons (Fsp3) is 0.478. The van der Waals surface area contributed by atoms with Crippen molar-refractivity contribution in [2.24, 2.45) is 0 Å². The zero-order chi connectivity index (χ0) is 87.4. The van der Waals surface area contributed by atoms with Crippen molar-refractivity contribution in [2.75, 3.05) is 69.6 Å². The largest absolute Gasteiger partial charge is 0.463 e. The van der Waals surface area contributed by atoms with Crippen molar-refractivity contribution in [3.05, 3.63) is 251 Å². The number of carbonyl (C=O) groups is 6. The molecule has 5 aliphatic heterocycles. The third-order valence-corrected chi connectivity index (χ3v) is 21.4. The van der Waals surface area contributed by atoms with Crippen LogP contribution >= 0.6 is 0 Å². The van der Waals surface area contributed by atoms with Crippen LogP contribution < -0.4 is 0 Å². The van der Waals surface area contributed by atoms with Crippen molar-refractivity contribution in [3.63, 3.8) is 0 Å². The second-order valence-corrected chi connectivity index (χ2v) is 29.7. The smallest absolute Gasteiger partial charge is 0.338 e. The molecule has 32 heteroatoms. The molecule has 5 saturated heterocycles. The van der Waals surface area contributed by atoms with Gasteiger partial charge in [-0.3, -0.25) is 14.4 Å². The standard InChI is InChI=1S/C92H108O32/c1-55(93)107-53-66-68(99-4)71(100-5)82(110-48-60-36-22-13-23-37-60)90(116-66)121-76-73(102-7)80(104-9)89(123-78(76)86(97)112-50-62-40-26-15-27-41-62)120-70-67(54-108-56(2)94)117-91(83(75(70)114-57(3)95)111-49-61-38-24-14-25-39-61)122-77-74(103-8)84(118-85(96)64-44-30-17-31-45-64)92(124-79(77)87(98)113-51-63-42-28-16-29-43-63)119-69-65(52-106-46-58-32-18-11-19-33-58)115-88(105-10)81(72(69)101-6)109-47-59-34-20-12-21-35-59/h11-45,65-84,88-92H,46-54H2,1-10H3/t65-,66-,67-,68-,69-,70-,71+,72+,73+,74+,75+,76+,77+,78+,79-,80-,81-,82-,83-,84-,88+,89-,90-,91-,92-/m1/s1. The molecule has 5 aliphatic rings. The zero-order valence-corrected chi connectivity index (χ0v) is 70.6. The van der Waals surface area contributed by atoms with Crippen molar-refractivity contribution in [1.82, 2.24) is 0 Å². The molecule has 0 bridgehead atoms. The quantitative estimate of drug-likeness (QED) is 0.0255. The summed E-state index contributed by atoms with van der Waals surface area (Å²) in [6.45, 7) is 1.55. The monoisotopic (exact) mass is 1720 g/mol. The first kappa shape index (κ1) is 93.7. The van der Waals surface area contributed by atoms with Crippen LogP contribution in [0.5, 0.6) is 0 Å². The van der Waals surface area contributed by atoms with Gasteiger partial charge in [0.05, 0.1) is 38.6 Å². The molecule has 0 radical (unpaired) electrons. The average molecular weight is 1730 g/mol. The van der Waals surface area contributed by atoms with Gasteiger partial charge in [0.2, 0.25) is 0 Å². The SMILES string of the molecule is CO[C@H]1O[C@H](COCc2ccccc2)[C@@H](O[C@@H]2O[C@@H](C(=O)OCc3ccccc3)[C@@H](O[C@H]3O[C@H](COC(C)=O)[C@@H](O[C@@H]4O[C@H](C(=O)OCc5ccccc5)[C@@H](O[C@H]5O[C@H](COC(C)=O)[C@@H](OC)[C@H](OC)[C@H]5OCc5ccccc5)[C@H](OC)[C@H]4OC)[C@H](OC(C)=O)[C@H]3OCc3ccccc3)[C@H](OC)[C@H]2OC(=O)c2ccccc2)[C@H](OC)[C@H]1OCc1ccccc1. The van der Waals surface area contributed by atoms with Crippen molar-refractivity contribution in [3.8, 4) is 0 Å². The average Bonchev–Trinajstić information content (AvgIpc) is 0.754. The minimum atomic E-state index is -1.99. The van der Waals surface area contributed by atoms with Gasteiger partial charge in [-0.05, 0) is 45.5 Å². The van der Waals surface area contributed by atoms with E-state index in [0.717, 1.165) is 30.5 Å². The topological polar surface area (TPSA) is 342 Å². The van der Waals surface area contributed by atoms with Crippen molar-refractivity contribution in [2.45, 2.75) is 214 Å². The minimum absolute atomic E-state index is 0.0103. The maximum absolute atomic E-state index is 15.8. The van der Waals surface area contributed by atoms with Crippen LogP contribution in [-0.2, 0) is 187 Å². The predicted octanol–water partition coefficient (Wildman–Crippen LogP) is 8.63. The van der Waals surface area contributed by atoms with E-state index in [2.05, 4.69) is 0 Å². The third kappa shape index (κ3) is 24.8. The summed E-state index contributed by atoms with van der Waals surface area (Å²) in [5.41, 5.74) is 4.19. The van der Waals surface area contributed by atoms with E-state index in [1.54, 1.807) is 109 Å². The normalized spacial score (nSPS) is 29.9. The first-order chi connectivity index (χ1) is 60.4. The molecule has 7 aromatic carbocycles. The van der Waals surface area contributed by atoms with Gasteiger partial charge in [-0.25, -0.2) is 14.4 Å². The highest BCUT2D eigenvalue weighted by molar-refractivity contribution is 5.89. The fourth-order valence-electron chi connectivity index (χ4n) is 15.5. The summed E-state index contributed by atoms with van der Waals surface area (Å²) in [5.74, 6) is -5.38. The number of rotatable bonds is 41. The highest BCUT2D eigenvalue weighted by atomic mass is 16.8. The van der Waals surface area contributed by atoms with Crippen LogP contribution in [0.2, 0.25) is 0 Å². The molecule has 0 aliphatic carbocycles. The van der Waals surface area contributed by atoms with Gasteiger partial charge in [0, 0.05) is 70.5 Å². The number of hydrogen-bond acceptors (Lipinski definition) is 32. The van der Waals surface area contributed by atoms with Crippen molar-refractivity contribution in [1.29, 1.82) is 0 Å². The fourth-order valence-corrected chi connectivity index (χ4v) is 15.5. The molecular weight excluding hydrogens is 1620 g/mol. The van der Waals surface area contributed by atoms with E-state index >= 15 is 14.4 Å². The van der Waals surface area contributed by atoms with Crippen LogP contribution in [0.3, 0.4) is 0 Å². The second kappa shape index (κ2) is 47.2. The van der Waals surface area contributed by atoms with E-state index in [4.69, 9.17) is 123 Å². The molecule has 0 aromatic heterocycles. The van der Waals surface area contributed by atoms with E-state index in [1.165, 1.54) is 68.8 Å². The lowest BCUT2D eigenvalue weighted by Gasteiger charge is -2.51. The molecule has 668 valence electrons. The Balaban J connectivity index is 0.944. The molecule has 0 saturated carbocycles. The summed E-state index contributed by atoms with van der Waals surface area (Å²) < 4.78 is 170. The van der Waals surface area contributed by atoms with Crippen LogP contribution in [0.4, 0.5) is 0 Å². The van der Waals surface area contributed by atoms with Gasteiger partial charge >= 0.3 is 35.8 Å². The highest BCUT2D eigenvalue weighted by Gasteiger charge is 2.62. The Hall–Kier alpha value is -9.44. The van der Waals surface area contributed by atoms with Gasteiger partial charge in [-0.15, -0.1) is 0 Å². The summed E-state index contributed by atoms with van der Waals surface area (Å²) in [4.78, 5) is 86.3. The van der Waals surface area contributed by atoms with E-state index in [0.29, 0.717) is 16.7 Å². The van der Waals surface area contributed by atoms with Gasteiger partial charge < -0.3 is 123 Å². The van der Waals surface area contributed by atoms with Crippen molar-refractivity contribution < 1.29 is 152 Å². The molecule has 0 amide bonds. The summed E-state index contributed by atoms with van der Waals surface area (Å²) in [6.07, 6.45) is -37.7. The summed E-state index contributed by atoms with van der Waals surface area (Å²) in [6, 6.07) is 62.5. The first-order valence-corrected chi connectivity index (χ1v) is 40.7. The summed E-state index contributed by atoms with van der Waals surface area (Å²) in [5, 5.41) is 0. The summed E-state index contributed by atoms with van der Waals surface area (Å²) in [7, 11) is 9.68.